The van der Waals surface area contributed by atoms with Crippen LogP contribution in [0.2, 0.25) is 0 Å². The fraction of sp³-hybridized carbons (Fsp3) is 0.364. The number of hydrogen-bond acceptors (Lipinski definition) is 2. The second-order valence-electron chi connectivity index (χ2n) is 3.08. The minimum atomic E-state index is 0.626. The summed E-state index contributed by atoms with van der Waals surface area (Å²) < 4.78 is 5.20. The van der Waals surface area contributed by atoms with Gasteiger partial charge in [-0.05, 0) is 30.8 Å². The van der Waals surface area contributed by atoms with E-state index >= 15 is 0 Å². The average Bonchev–Trinajstić information content (AvgIpc) is 2.27. The summed E-state index contributed by atoms with van der Waals surface area (Å²) >= 11 is 5.13. The molecule has 0 aromatic heterocycles. The van der Waals surface area contributed by atoms with Gasteiger partial charge in [-0.3, -0.25) is 0 Å². The Morgan fingerprint density at radius 1 is 1.40 bits per heavy atom. The lowest BCUT2D eigenvalue weighted by atomic mass is 10.3. The molecule has 0 amide bonds. The van der Waals surface area contributed by atoms with Crippen molar-refractivity contribution in [3.63, 3.8) is 0 Å². The Morgan fingerprint density at radius 2 is 2.13 bits per heavy atom. The fourth-order valence-electron chi connectivity index (χ4n) is 1.15. The SMILES string of the molecule is CCCNC(=S)Nc1ccccc1OC. The second-order valence-corrected chi connectivity index (χ2v) is 3.49. The van der Waals surface area contributed by atoms with Crippen LogP contribution in [0.25, 0.3) is 0 Å². The van der Waals surface area contributed by atoms with Crippen molar-refractivity contribution in [2.45, 2.75) is 13.3 Å². The van der Waals surface area contributed by atoms with Crippen molar-refractivity contribution in [3.05, 3.63) is 24.3 Å². The van der Waals surface area contributed by atoms with E-state index in [4.69, 9.17) is 17.0 Å². The topological polar surface area (TPSA) is 33.3 Å². The largest absolute Gasteiger partial charge is 0.495 e. The lowest BCUT2D eigenvalue weighted by Crippen LogP contribution is -2.29. The third-order valence-corrected chi connectivity index (χ3v) is 2.14. The van der Waals surface area contributed by atoms with Crippen molar-refractivity contribution < 1.29 is 4.74 Å². The Morgan fingerprint density at radius 3 is 2.80 bits per heavy atom. The van der Waals surface area contributed by atoms with Gasteiger partial charge in [0, 0.05) is 6.54 Å². The van der Waals surface area contributed by atoms with Gasteiger partial charge in [0.1, 0.15) is 5.75 Å². The smallest absolute Gasteiger partial charge is 0.170 e. The van der Waals surface area contributed by atoms with E-state index < -0.39 is 0 Å². The van der Waals surface area contributed by atoms with Crippen LogP contribution in [0.15, 0.2) is 24.3 Å². The van der Waals surface area contributed by atoms with E-state index in [1.54, 1.807) is 7.11 Å². The number of thiocarbonyl (C=S) groups is 1. The molecule has 0 aliphatic heterocycles. The van der Waals surface area contributed by atoms with E-state index in [0.717, 1.165) is 24.4 Å². The molecule has 0 bridgehead atoms. The highest BCUT2D eigenvalue weighted by Crippen LogP contribution is 2.22. The Kier molecular flexibility index (Phi) is 4.90. The number of ether oxygens (including phenoxy) is 1. The van der Waals surface area contributed by atoms with E-state index in [2.05, 4.69) is 17.6 Å². The fourth-order valence-corrected chi connectivity index (χ4v) is 1.36. The summed E-state index contributed by atoms with van der Waals surface area (Å²) in [6.45, 7) is 2.97. The molecule has 1 aromatic carbocycles. The van der Waals surface area contributed by atoms with Crippen molar-refractivity contribution in [1.29, 1.82) is 0 Å². The highest BCUT2D eigenvalue weighted by molar-refractivity contribution is 7.80. The normalized spacial score (nSPS) is 9.47. The van der Waals surface area contributed by atoms with Crippen LogP contribution in [-0.4, -0.2) is 18.8 Å². The average molecular weight is 224 g/mol. The molecule has 0 heterocycles. The molecule has 15 heavy (non-hydrogen) atoms. The molecule has 2 N–H and O–H groups in total. The lowest BCUT2D eigenvalue weighted by molar-refractivity contribution is 0.417. The molecule has 0 fully saturated rings. The predicted molar refractivity (Wildman–Crippen MR) is 67.5 cm³/mol. The van der Waals surface area contributed by atoms with Crippen molar-refractivity contribution >= 4 is 23.0 Å². The maximum atomic E-state index is 5.20. The van der Waals surface area contributed by atoms with Gasteiger partial charge in [-0.1, -0.05) is 19.1 Å². The molecule has 0 atom stereocenters. The van der Waals surface area contributed by atoms with Gasteiger partial charge in [0.15, 0.2) is 5.11 Å². The van der Waals surface area contributed by atoms with Crippen LogP contribution >= 0.6 is 12.2 Å². The third-order valence-electron chi connectivity index (χ3n) is 1.89. The molecule has 1 rings (SSSR count). The van der Waals surface area contributed by atoms with Crippen LogP contribution in [0.5, 0.6) is 5.75 Å². The highest BCUT2D eigenvalue weighted by atomic mass is 32.1. The lowest BCUT2D eigenvalue weighted by Gasteiger charge is -2.12. The van der Waals surface area contributed by atoms with Crippen LogP contribution in [0.4, 0.5) is 5.69 Å². The van der Waals surface area contributed by atoms with Crippen LogP contribution in [0.3, 0.4) is 0 Å². The Balaban J connectivity index is 2.59. The van der Waals surface area contributed by atoms with Crippen LogP contribution in [0.1, 0.15) is 13.3 Å². The third kappa shape index (κ3) is 3.75. The molecule has 82 valence electrons. The van der Waals surface area contributed by atoms with E-state index in [-0.39, 0.29) is 0 Å². The molecule has 0 spiro atoms. The van der Waals surface area contributed by atoms with Gasteiger partial charge in [0.2, 0.25) is 0 Å². The summed E-state index contributed by atoms with van der Waals surface area (Å²) in [6, 6.07) is 7.68. The zero-order valence-electron chi connectivity index (χ0n) is 9.04. The van der Waals surface area contributed by atoms with Gasteiger partial charge in [-0.2, -0.15) is 0 Å². The van der Waals surface area contributed by atoms with E-state index in [1.807, 2.05) is 24.3 Å². The molecule has 1 aromatic rings. The Labute approximate surface area is 95.8 Å². The minimum Gasteiger partial charge on any atom is -0.495 e. The van der Waals surface area contributed by atoms with Gasteiger partial charge >= 0.3 is 0 Å². The van der Waals surface area contributed by atoms with Gasteiger partial charge in [0.05, 0.1) is 12.8 Å². The molecule has 0 aliphatic rings. The summed E-state index contributed by atoms with van der Waals surface area (Å²) in [5.41, 5.74) is 0.883. The Hall–Kier alpha value is -1.29. The maximum absolute atomic E-state index is 5.20. The summed E-state index contributed by atoms with van der Waals surface area (Å²) in [4.78, 5) is 0. The summed E-state index contributed by atoms with van der Waals surface area (Å²) in [7, 11) is 1.64. The van der Waals surface area contributed by atoms with Crippen LogP contribution in [-0.2, 0) is 0 Å². The van der Waals surface area contributed by atoms with E-state index in [1.165, 1.54) is 0 Å². The van der Waals surface area contributed by atoms with E-state index in [9.17, 15) is 0 Å². The Bertz CT molecular complexity index is 328. The number of nitrogens with one attached hydrogen (secondary N) is 2. The standard InChI is InChI=1S/C11H16N2OS/c1-3-8-12-11(15)13-9-6-4-5-7-10(9)14-2/h4-7H,3,8H2,1-2H3,(H2,12,13,15). The minimum absolute atomic E-state index is 0.626. The second kappa shape index (κ2) is 6.24. The first-order valence-electron chi connectivity index (χ1n) is 4.95. The quantitative estimate of drug-likeness (QED) is 0.769. The molecule has 0 saturated heterocycles. The molecular formula is C11H16N2OS. The molecule has 3 nitrogen and oxygen atoms in total. The number of anilines is 1. The van der Waals surface area contributed by atoms with Crippen molar-refractivity contribution in [1.82, 2.24) is 5.32 Å². The number of hydrogen-bond donors (Lipinski definition) is 2. The highest BCUT2D eigenvalue weighted by Gasteiger charge is 2.02. The molecule has 4 heteroatoms. The zero-order valence-corrected chi connectivity index (χ0v) is 9.86. The van der Waals surface area contributed by atoms with E-state index in [0.29, 0.717) is 5.11 Å². The maximum Gasteiger partial charge on any atom is 0.170 e. The number of para-hydroxylation sites is 2. The summed E-state index contributed by atoms with van der Waals surface area (Å²) in [5.74, 6) is 0.790. The number of rotatable bonds is 4. The monoisotopic (exact) mass is 224 g/mol. The molecule has 0 radical (unpaired) electrons. The first kappa shape index (κ1) is 11.8. The summed E-state index contributed by atoms with van der Waals surface area (Å²) in [5, 5.41) is 6.81. The molecule has 0 unspecified atom stereocenters. The van der Waals surface area contributed by atoms with Gasteiger partial charge in [-0.25, -0.2) is 0 Å². The van der Waals surface area contributed by atoms with Gasteiger partial charge < -0.3 is 15.4 Å². The van der Waals surface area contributed by atoms with Crippen molar-refractivity contribution in [2.75, 3.05) is 19.0 Å². The van der Waals surface area contributed by atoms with Crippen molar-refractivity contribution in [3.8, 4) is 5.75 Å². The summed E-state index contributed by atoms with van der Waals surface area (Å²) in [6.07, 6.45) is 1.05. The molecular weight excluding hydrogens is 208 g/mol. The molecule has 0 aliphatic carbocycles. The van der Waals surface area contributed by atoms with Gasteiger partial charge in [0.25, 0.3) is 0 Å². The van der Waals surface area contributed by atoms with Crippen molar-refractivity contribution in [2.24, 2.45) is 0 Å². The molecule has 0 saturated carbocycles. The van der Waals surface area contributed by atoms with Crippen LogP contribution < -0.4 is 15.4 Å². The zero-order chi connectivity index (χ0) is 11.1. The number of benzene rings is 1. The first-order chi connectivity index (χ1) is 7.27. The predicted octanol–water partition coefficient (Wildman–Crippen LogP) is 2.39. The van der Waals surface area contributed by atoms with Crippen LogP contribution in [0, 0.1) is 0 Å². The first-order valence-corrected chi connectivity index (χ1v) is 5.36. The van der Waals surface area contributed by atoms with Gasteiger partial charge in [-0.15, -0.1) is 0 Å². The number of methoxy groups -OCH3 is 1.